The van der Waals surface area contributed by atoms with Crippen LogP contribution in [-0.4, -0.2) is 23.3 Å². The van der Waals surface area contributed by atoms with Gasteiger partial charge in [-0.2, -0.15) is 0 Å². The lowest BCUT2D eigenvalue weighted by molar-refractivity contribution is 0.0390. The Bertz CT molecular complexity index is 730. The summed E-state index contributed by atoms with van der Waals surface area (Å²) in [7, 11) is 0. The molecule has 1 aliphatic rings. The minimum atomic E-state index is -0.823. The highest BCUT2D eigenvalue weighted by molar-refractivity contribution is 6.23. The molecule has 0 saturated heterocycles. The molecule has 88 valence electrons. The van der Waals surface area contributed by atoms with E-state index in [4.69, 9.17) is 0 Å². The molecule has 0 aromatic heterocycles. The van der Waals surface area contributed by atoms with Crippen molar-refractivity contribution in [2.24, 2.45) is 0 Å². The zero-order valence-electron chi connectivity index (χ0n) is 8.97. The molecular weight excluding hydrogens is 236 g/mol. The Morgan fingerprint density at radius 1 is 1.11 bits per heavy atom. The van der Waals surface area contributed by atoms with Crippen LogP contribution in [0.3, 0.4) is 0 Å². The lowest BCUT2D eigenvalue weighted by atomic mass is 9.93. The molecule has 0 atom stereocenters. The van der Waals surface area contributed by atoms with Crippen LogP contribution in [0.2, 0.25) is 0 Å². The first-order valence-electron chi connectivity index (χ1n) is 5.14. The van der Waals surface area contributed by atoms with Crippen molar-refractivity contribution in [3.05, 3.63) is 41.0 Å². The summed E-state index contributed by atoms with van der Waals surface area (Å²) in [5.74, 6) is -1.88. The normalized spacial score (nSPS) is 13.6. The zero-order chi connectivity index (χ0) is 12.9. The number of ether oxygens (including phenoxy) is 1. The number of cyclic esters (lactones) is 2. The number of rotatable bonds is 1. The Morgan fingerprint density at radius 2 is 1.83 bits per heavy atom. The Hall–Kier alpha value is -2.69. The molecule has 5 nitrogen and oxygen atoms in total. The van der Waals surface area contributed by atoms with Crippen LogP contribution >= 0.6 is 0 Å². The summed E-state index contributed by atoms with van der Waals surface area (Å²) >= 11 is 0. The molecule has 0 saturated carbocycles. The molecule has 1 aliphatic heterocycles. The van der Waals surface area contributed by atoms with Crippen molar-refractivity contribution < 1.29 is 24.2 Å². The molecular formula is C13H6O5. The van der Waals surface area contributed by atoms with Gasteiger partial charge in [-0.05, 0) is 17.5 Å². The van der Waals surface area contributed by atoms with Gasteiger partial charge in [-0.1, -0.05) is 12.1 Å². The lowest BCUT2D eigenvalue weighted by Gasteiger charge is -2.16. The van der Waals surface area contributed by atoms with E-state index in [0.29, 0.717) is 17.1 Å². The highest BCUT2D eigenvalue weighted by Gasteiger charge is 2.29. The van der Waals surface area contributed by atoms with Gasteiger partial charge in [0, 0.05) is 5.39 Å². The number of carbonyl (C=O) groups is 3. The number of aldehydes is 1. The maximum atomic E-state index is 11.6. The van der Waals surface area contributed by atoms with E-state index in [1.807, 2.05) is 0 Å². The maximum Gasteiger partial charge on any atom is 0.346 e. The molecule has 0 unspecified atom stereocenters. The lowest BCUT2D eigenvalue weighted by Crippen LogP contribution is -2.19. The second-order valence-electron chi connectivity index (χ2n) is 3.88. The number of hydrogen-bond acceptors (Lipinski definition) is 5. The highest BCUT2D eigenvalue weighted by Crippen LogP contribution is 2.34. The van der Waals surface area contributed by atoms with Crippen molar-refractivity contribution in [1.82, 2.24) is 0 Å². The van der Waals surface area contributed by atoms with E-state index in [2.05, 4.69) is 4.74 Å². The fraction of sp³-hybridized carbons (Fsp3) is 0. The van der Waals surface area contributed by atoms with Gasteiger partial charge in [0.2, 0.25) is 0 Å². The third kappa shape index (κ3) is 1.18. The second-order valence-corrected chi connectivity index (χ2v) is 3.88. The van der Waals surface area contributed by atoms with Gasteiger partial charge in [-0.25, -0.2) is 9.59 Å². The number of carbonyl (C=O) groups excluding carboxylic acids is 3. The number of esters is 2. The molecule has 1 N–H and O–H groups in total. The number of phenols is 1. The molecule has 0 spiro atoms. The monoisotopic (exact) mass is 242 g/mol. The van der Waals surface area contributed by atoms with Crippen LogP contribution in [0.25, 0.3) is 10.8 Å². The van der Waals surface area contributed by atoms with E-state index in [1.54, 1.807) is 12.1 Å². The number of benzene rings is 2. The number of hydrogen-bond donors (Lipinski definition) is 1. The summed E-state index contributed by atoms with van der Waals surface area (Å²) in [5, 5.41) is 10.4. The molecule has 5 heteroatoms. The van der Waals surface area contributed by atoms with Crippen molar-refractivity contribution in [3.63, 3.8) is 0 Å². The first-order valence-corrected chi connectivity index (χ1v) is 5.14. The van der Waals surface area contributed by atoms with Gasteiger partial charge >= 0.3 is 11.9 Å². The summed E-state index contributed by atoms with van der Waals surface area (Å²) in [4.78, 5) is 34.1. The van der Waals surface area contributed by atoms with Gasteiger partial charge < -0.3 is 9.84 Å². The molecule has 0 amide bonds. The minimum Gasteiger partial charge on any atom is -0.507 e. The average molecular weight is 242 g/mol. The molecule has 0 fully saturated rings. The van der Waals surface area contributed by atoms with Crippen molar-refractivity contribution in [1.29, 1.82) is 0 Å². The van der Waals surface area contributed by atoms with Gasteiger partial charge in [-0.15, -0.1) is 0 Å². The summed E-state index contributed by atoms with van der Waals surface area (Å²) in [5.41, 5.74) is 0.353. The molecule has 2 aromatic rings. The SMILES string of the molecule is O=Cc1c(O)cc2c3c(cccc13)C(=O)OC2=O. The topological polar surface area (TPSA) is 80.7 Å². The fourth-order valence-corrected chi connectivity index (χ4v) is 2.14. The van der Waals surface area contributed by atoms with E-state index < -0.39 is 11.9 Å². The first-order chi connectivity index (χ1) is 8.63. The molecule has 1 heterocycles. The van der Waals surface area contributed by atoms with Crippen LogP contribution in [0.15, 0.2) is 24.3 Å². The first kappa shape index (κ1) is 10.5. The summed E-state index contributed by atoms with van der Waals surface area (Å²) in [6.07, 6.45) is 0.489. The number of phenolic OH excluding ortho intramolecular Hbond substituents is 1. The summed E-state index contributed by atoms with van der Waals surface area (Å²) in [6, 6.07) is 5.78. The second kappa shape index (κ2) is 3.40. The van der Waals surface area contributed by atoms with Crippen molar-refractivity contribution in [3.8, 4) is 5.75 Å². The fourth-order valence-electron chi connectivity index (χ4n) is 2.14. The minimum absolute atomic E-state index is 0.0538. The maximum absolute atomic E-state index is 11.6. The van der Waals surface area contributed by atoms with Crippen LogP contribution in [-0.2, 0) is 4.74 Å². The van der Waals surface area contributed by atoms with Crippen LogP contribution in [0.1, 0.15) is 31.1 Å². The van der Waals surface area contributed by atoms with Gasteiger partial charge in [0.05, 0.1) is 16.7 Å². The van der Waals surface area contributed by atoms with E-state index in [0.717, 1.165) is 6.07 Å². The van der Waals surface area contributed by atoms with Crippen LogP contribution in [0.5, 0.6) is 5.75 Å². The predicted molar refractivity (Wildman–Crippen MR) is 60.7 cm³/mol. The molecule has 2 aromatic carbocycles. The van der Waals surface area contributed by atoms with Gasteiger partial charge in [0.15, 0.2) is 6.29 Å². The molecule has 18 heavy (non-hydrogen) atoms. The third-order valence-corrected chi connectivity index (χ3v) is 2.92. The third-order valence-electron chi connectivity index (χ3n) is 2.92. The summed E-state index contributed by atoms with van der Waals surface area (Å²) in [6.45, 7) is 0. The Balaban J connectivity index is 2.59. The number of aromatic hydroxyl groups is 1. The molecule has 3 rings (SSSR count). The largest absolute Gasteiger partial charge is 0.507 e. The molecule has 0 radical (unpaired) electrons. The van der Waals surface area contributed by atoms with E-state index >= 15 is 0 Å². The van der Waals surface area contributed by atoms with Crippen molar-refractivity contribution in [2.45, 2.75) is 0 Å². The van der Waals surface area contributed by atoms with Gasteiger partial charge in [-0.3, -0.25) is 4.79 Å². The smallest absolute Gasteiger partial charge is 0.346 e. The van der Waals surface area contributed by atoms with E-state index in [9.17, 15) is 19.5 Å². The average Bonchev–Trinajstić information content (AvgIpc) is 2.35. The van der Waals surface area contributed by atoms with E-state index in [1.165, 1.54) is 6.07 Å². The molecule has 0 aliphatic carbocycles. The van der Waals surface area contributed by atoms with E-state index in [-0.39, 0.29) is 22.4 Å². The highest BCUT2D eigenvalue weighted by atomic mass is 16.6. The van der Waals surface area contributed by atoms with Crippen LogP contribution < -0.4 is 0 Å². The molecule has 0 bridgehead atoms. The van der Waals surface area contributed by atoms with Crippen LogP contribution in [0.4, 0.5) is 0 Å². The zero-order valence-corrected chi connectivity index (χ0v) is 8.97. The Kier molecular flexibility index (Phi) is 1.98. The van der Waals surface area contributed by atoms with Gasteiger partial charge in [0.25, 0.3) is 0 Å². The standard InChI is InChI=1S/C13H6O5/c14-5-9-6-2-1-3-7-11(6)8(4-10(9)15)13(17)18-12(7)16/h1-5,15H. The van der Waals surface area contributed by atoms with Crippen molar-refractivity contribution >= 4 is 29.0 Å². The van der Waals surface area contributed by atoms with Gasteiger partial charge in [0.1, 0.15) is 5.75 Å². The Labute approximate surface area is 101 Å². The Morgan fingerprint density at radius 3 is 2.56 bits per heavy atom. The quantitative estimate of drug-likeness (QED) is 0.467. The van der Waals surface area contributed by atoms with Crippen LogP contribution in [0, 0.1) is 0 Å². The predicted octanol–water partition coefficient (Wildman–Crippen LogP) is 1.67. The summed E-state index contributed by atoms with van der Waals surface area (Å²) < 4.78 is 4.55. The van der Waals surface area contributed by atoms with Crippen molar-refractivity contribution in [2.75, 3.05) is 0 Å².